The fourth-order valence-corrected chi connectivity index (χ4v) is 1.33. The van der Waals surface area contributed by atoms with Crippen LogP contribution in [-0.2, 0) is 6.42 Å². The Labute approximate surface area is 97.6 Å². The maximum absolute atomic E-state index is 5.73. The fourth-order valence-electron chi connectivity index (χ4n) is 1.22. The highest BCUT2D eigenvalue weighted by Crippen LogP contribution is 2.16. The number of rotatable bonds is 4. The van der Waals surface area contributed by atoms with E-state index in [1.165, 1.54) is 0 Å². The number of halogens is 1. The topological polar surface area (TPSA) is 77.8 Å². The Morgan fingerprint density at radius 2 is 2.25 bits per heavy atom. The van der Waals surface area contributed by atoms with Gasteiger partial charge < -0.3 is 10.3 Å². The maximum Gasteiger partial charge on any atom is 0.276 e. The van der Waals surface area contributed by atoms with E-state index in [2.05, 4.69) is 15.1 Å². The smallest absolute Gasteiger partial charge is 0.276 e. The third-order valence-electron chi connectivity index (χ3n) is 2.02. The van der Waals surface area contributed by atoms with Crippen molar-refractivity contribution < 1.29 is 4.52 Å². The minimum Gasteiger partial charge on any atom is -0.332 e. The van der Waals surface area contributed by atoms with E-state index < -0.39 is 0 Å². The summed E-state index contributed by atoms with van der Waals surface area (Å²) in [4.78, 5) is 8.30. The van der Waals surface area contributed by atoms with Crippen molar-refractivity contribution in [3.8, 4) is 11.6 Å². The lowest BCUT2D eigenvalue weighted by Gasteiger charge is -1.92. The average Bonchev–Trinajstić information content (AvgIpc) is 2.76. The quantitative estimate of drug-likeness (QED) is 0.877. The molecule has 2 aromatic rings. The van der Waals surface area contributed by atoms with Gasteiger partial charge in [0, 0.05) is 12.6 Å². The van der Waals surface area contributed by atoms with E-state index in [0.717, 1.165) is 6.42 Å². The minimum atomic E-state index is 0.406. The standard InChI is InChI=1S/C10H11ClN4O/c11-7-3-4-8(13-6-7)10-14-9(15-16-10)2-1-5-12/h3-4,6H,1-2,5,12H2. The first-order chi connectivity index (χ1) is 7.79. The van der Waals surface area contributed by atoms with Gasteiger partial charge in [0.2, 0.25) is 0 Å². The van der Waals surface area contributed by atoms with Crippen LogP contribution in [0.4, 0.5) is 0 Å². The van der Waals surface area contributed by atoms with E-state index in [1.807, 2.05) is 0 Å². The molecule has 0 aliphatic heterocycles. The molecule has 0 aliphatic rings. The van der Waals surface area contributed by atoms with Crippen molar-refractivity contribution >= 4 is 11.6 Å². The molecule has 0 bridgehead atoms. The Bertz CT molecular complexity index is 454. The van der Waals surface area contributed by atoms with Crippen LogP contribution in [0.25, 0.3) is 11.6 Å². The third kappa shape index (κ3) is 2.56. The van der Waals surface area contributed by atoms with Crippen LogP contribution in [0.3, 0.4) is 0 Å². The molecular weight excluding hydrogens is 228 g/mol. The zero-order valence-electron chi connectivity index (χ0n) is 8.56. The molecule has 0 aliphatic carbocycles. The summed E-state index contributed by atoms with van der Waals surface area (Å²) in [5.74, 6) is 1.06. The minimum absolute atomic E-state index is 0.406. The second-order valence-corrected chi connectivity index (χ2v) is 3.71. The van der Waals surface area contributed by atoms with Crippen molar-refractivity contribution in [3.63, 3.8) is 0 Å². The number of hydrogen-bond acceptors (Lipinski definition) is 5. The monoisotopic (exact) mass is 238 g/mol. The number of nitrogens with zero attached hydrogens (tertiary/aromatic N) is 3. The van der Waals surface area contributed by atoms with Crippen molar-refractivity contribution in [3.05, 3.63) is 29.2 Å². The van der Waals surface area contributed by atoms with Crippen LogP contribution in [0.2, 0.25) is 5.02 Å². The van der Waals surface area contributed by atoms with Gasteiger partial charge in [-0.05, 0) is 25.1 Å². The number of aromatic nitrogens is 3. The SMILES string of the molecule is NCCCc1noc(-c2ccc(Cl)cn2)n1. The Morgan fingerprint density at radius 3 is 2.94 bits per heavy atom. The van der Waals surface area contributed by atoms with Crippen LogP contribution in [0, 0.1) is 0 Å². The fraction of sp³-hybridized carbons (Fsp3) is 0.300. The summed E-state index contributed by atoms with van der Waals surface area (Å²) in [7, 11) is 0. The van der Waals surface area contributed by atoms with Crippen molar-refractivity contribution in [2.24, 2.45) is 5.73 Å². The summed E-state index contributed by atoms with van der Waals surface area (Å²) in [6, 6.07) is 3.47. The zero-order valence-corrected chi connectivity index (χ0v) is 9.31. The first-order valence-corrected chi connectivity index (χ1v) is 5.32. The van der Waals surface area contributed by atoms with Crippen LogP contribution >= 0.6 is 11.6 Å². The van der Waals surface area contributed by atoms with Crippen molar-refractivity contribution in [1.82, 2.24) is 15.1 Å². The molecule has 0 fully saturated rings. The lowest BCUT2D eigenvalue weighted by atomic mass is 10.3. The predicted octanol–water partition coefficient (Wildman–Crippen LogP) is 1.68. The zero-order chi connectivity index (χ0) is 11.4. The number of pyridine rings is 1. The van der Waals surface area contributed by atoms with E-state index in [4.69, 9.17) is 21.9 Å². The lowest BCUT2D eigenvalue weighted by molar-refractivity contribution is 0.420. The highest BCUT2D eigenvalue weighted by molar-refractivity contribution is 6.30. The largest absolute Gasteiger partial charge is 0.332 e. The molecule has 84 valence electrons. The molecule has 0 spiro atoms. The predicted molar refractivity (Wildman–Crippen MR) is 59.9 cm³/mol. The Hall–Kier alpha value is -1.46. The van der Waals surface area contributed by atoms with Crippen LogP contribution in [-0.4, -0.2) is 21.7 Å². The molecule has 16 heavy (non-hydrogen) atoms. The highest BCUT2D eigenvalue weighted by atomic mass is 35.5. The molecule has 0 radical (unpaired) electrons. The third-order valence-corrected chi connectivity index (χ3v) is 2.24. The summed E-state index contributed by atoms with van der Waals surface area (Å²) in [6.45, 7) is 0.614. The molecule has 0 amide bonds. The molecule has 2 aromatic heterocycles. The average molecular weight is 239 g/mol. The lowest BCUT2D eigenvalue weighted by Crippen LogP contribution is -2.01. The summed E-state index contributed by atoms with van der Waals surface area (Å²) >= 11 is 5.73. The van der Waals surface area contributed by atoms with Gasteiger partial charge in [0.1, 0.15) is 5.69 Å². The molecule has 2 rings (SSSR count). The summed E-state index contributed by atoms with van der Waals surface area (Å²) in [5, 5.41) is 4.41. The first kappa shape index (κ1) is 11.0. The highest BCUT2D eigenvalue weighted by Gasteiger charge is 2.09. The molecule has 0 saturated carbocycles. The molecule has 0 atom stereocenters. The molecule has 2 N–H and O–H groups in total. The van der Waals surface area contributed by atoms with Gasteiger partial charge in [0.05, 0.1) is 5.02 Å². The van der Waals surface area contributed by atoms with Crippen LogP contribution in [0.5, 0.6) is 0 Å². The maximum atomic E-state index is 5.73. The van der Waals surface area contributed by atoms with Crippen molar-refractivity contribution in [2.45, 2.75) is 12.8 Å². The van der Waals surface area contributed by atoms with Gasteiger partial charge in [-0.3, -0.25) is 0 Å². The Kier molecular flexibility index (Phi) is 3.48. The van der Waals surface area contributed by atoms with Gasteiger partial charge in [-0.25, -0.2) is 4.98 Å². The van der Waals surface area contributed by atoms with E-state index in [9.17, 15) is 0 Å². The van der Waals surface area contributed by atoms with Gasteiger partial charge in [-0.2, -0.15) is 4.98 Å². The van der Waals surface area contributed by atoms with Crippen LogP contribution < -0.4 is 5.73 Å². The summed E-state index contributed by atoms with van der Waals surface area (Å²) in [5.41, 5.74) is 6.02. The van der Waals surface area contributed by atoms with E-state index in [0.29, 0.717) is 35.4 Å². The van der Waals surface area contributed by atoms with Gasteiger partial charge in [0.25, 0.3) is 5.89 Å². The van der Waals surface area contributed by atoms with Crippen LogP contribution in [0.1, 0.15) is 12.2 Å². The molecule has 0 saturated heterocycles. The van der Waals surface area contributed by atoms with Crippen molar-refractivity contribution in [2.75, 3.05) is 6.54 Å². The second kappa shape index (κ2) is 5.05. The van der Waals surface area contributed by atoms with E-state index in [1.54, 1.807) is 18.3 Å². The molecule has 0 unspecified atom stereocenters. The second-order valence-electron chi connectivity index (χ2n) is 3.27. The molecule has 0 aromatic carbocycles. The summed E-state index contributed by atoms with van der Waals surface area (Å²) < 4.78 is 5.08. The molecular formula is C10H11ClN4O. The first-order valence-electron chi connectivity index (χ1n) is 4.94. The van der Waals surface area contributed by atoms with E-state index in [-0.39, 0.29) is 0 Å². The van der Waals surface area contributed by atoms with Crippen molar-refractivity contribution in [1.29, 1.82) is 0 Å². The Morgan fingerprint density at radius 1 is 1.38 bits per heavy atom. The number of aryl methyl sites for hydroxylation is 1. The van der Waals surface area contributed by atoms with Gasteiger partial charge in [-0.1, -0.05) is 16.8 Å². The van der Waals surface area contributed by atoms with Gasteiger partial charge in [0.15, 0.2) is 5.82 Å². The van der Waals surface area contributed by atoms with Gasteiger partial charge in [-0.15, -0.1) is 0 Å². The van der Waals surface area contributed by atoms with Gasteiger partial charge >= 0.3 is 0 Å². The number of nitrogens with two attached hydrogens (primary N) is 1. The normalized spacial score (nSPS) is 10.6. The Balaban J connectivity index is 2.15. The summed E-state index contributed by atoms with van der Waals surface area (Å²) in [6.07, 6.45) is 3.10. The van der Waals surface area contributed by atoms with E-state index >= 15 is 0 Å². The van der Waals surface area contributed by atoms with Crippen LogP contribution in [0.15, 0.2) is 22.9 Å². The molecule has 2 heterocycles. The molecule has 5 nitrogen and oxygen atoms in total. The number of hydrogen-bond donors (Lipinski definition) is 1. The molecule has 6 heteroatoms.